The summed E-state index contributed by atoms with van der Waals surface area (Å²) in [4.78, 5) is 12.6. The Hall–Kier alpha value is -1.11. The van der Waals surface area contributed by atoms with Crippen LogP contribution in [0.2, 0.25) is 0 Å². The fourth-order valence-corrected chi connectivity index (χ4v) is 3.25. The number of thioether (sulfide) groups is 1. The van der Waals surface area contributed by atoms with Crippen LogP contribution in [0.4, 0.5) is 0 Å². The van der Waals surface area contributed by atoms with E-state index in [1.807, 2.05) is 35.7 Å². The van der Waals surface area contributed by atoms with Crippen LogP contribution < -0.4 is 5.43 Å². The molecular formula is C14H13BrN2OS2. The molecule has 6 heteroatoms. The molecule has 1 amide bonds. The highest BCUT2D eigenvalue weighted by atomic mass is 79.9. The van der Waals surface area contributed by atoms with Gasteiger partial charge in [0.25, 0.3) is 0 Å². The first kappa shape index (κ1) is 15.3. The van der Waals surface area contributed by atoms with Gasteiger partial charge in [0.2, 0.25) is 5.91 Å². The van der Waals surface area contributed by atoms with Crippen LogP contribution in [0.3, 0.4) is 0 Å². The van der Waals surface area contributed by atoms with Gasteiger partial charge in [0.15, 0.2) is 0 Å². The Morgan fingerprint density at radius 3 is 3.05 bits per heavy atom. The molecule has 3 nitrogen and oxygen atoms in total. The first-order valence-corrected chi connectivity index (χ1v) is 8.74. The van der Waals surface area contributed by atoms with Crippen molar-refractivity contribution in [2.45, 2.75) is 5.75 Å². The van der Waals surface area contributed by atoms with Crippen LogP contribution >= 0.6 is 39.0 Å². The SMILES string of the molecule is O=C(CSCc1cccc(Br)c1)N/N=C/c1cccs1. The van der Waals surface area contributed by atoms with E-state index in [-0.39, 0.29) is 5.91 Å². The normalized spacial score (nSPS) is 10.8. The summed E-state index contributed by atoms with van der Waals surface area (Å²) in [6.45, 7) is 0. The lowest BCUT2D eigenvalue weighted by Crippen LogP contribution is -2.19. The Kier molecular flexibility index (Phi) is 6.29. The minimum absolute atomic E-state index is 0.0854. The Morgan fingerprint density at radius 2 is 2.30 bits per heavy atom. The minimum atomic E-state index is -0.0854. The average Bonchev–Trinajstić information content (AvgIpc) is 2.92. The maximum atomic E-state index is 11.6. The van der Waals surface area contributed by atoms with Crippen LogP contribution in [0.5, 0.6) is 0 Å². The molecule has 1 N–H and O–H groups in total. The summed E-state index contributed by atoms with van der Waals surface area (Å²) in [5.74, 6) is 1.12. The number of nitrogens with zero attached hydrogens (tertiary/aromatic N) is 1. The van der Waals surface area contributed by atoms with Crippen molar-refractivity contribution in [1.29, 1.82) is 0 Å². The molecule has 0 atom stereocenters. The molecule has 0 spiro atoms. The van der Waals surface area contributed by atoms with Gasteiger partial charge < -0.3 is 0 Å². The van der Waals surface area contributed by atoms with E-state index < -0.39 is 0 Å². The largest absolute Gasteiger partial charge is 0.272 e. The molecule has 0 radical (unpaired) electrons. The predicted octanol–water partition coefficient (Wildman–Crippen LogP) is 3.89. The number of thiophene rings is 1. The van der Waals surface area contributed by atoms with Crippen LogP contribution in [0.25, 0.3) is 0 Å². The molecule has 1 aromatic heterocycles. The number of carbonyl (C=O) groups is 1. The van der Waals surface area contributed by atoms with Gasteiger partial charge >= 0.3 is 0 Å². The second-order valence-electron chi connectivity index (χ2n) is 3.93. The molecule has 0 unspecified atom stereocenters. The zero-order valence-corrected chi connectivity index (χ0v) is 13.8. The number of amides is 1. The molecule has 2 aromatic rings. The molecule has 2 rings (SSSR count). The Morgan fingerprint density at radius 1 is 1.40 bits per heavy atom. The Labute approximate surface area is 134 Å². The number of rotatable bonds is 6. The van der Waals surface area contributed by atoms with Crippen molar-refractivity contribution in [2.24, 2.45) is 5.10 Å². The Bertz CT molecular complexity index is 585. The van der Waals surface area contributed by atoms with Gasteiger partial charge in [-0.15, -0.1) is 23.1 Å². The molecule has 104 valence electrons. The zero-order chi connectivity index (χ0) is 14.2. The smallest absolute Gasteiger partial charge is 0.250 e. The quantitative estimate of drug-likeness (QED) is 0.620. The third-order valence-electron chi connectivity index (χ3n) is 2.32. The number of hydrogen-bond acceptors (Lipinski definition) is 4. The van der Waals surface area contributed by atoms with Crippen molar-refractivity contribution in [3.63, 3.8) is 0 Å². The summed E-state index contributed by atoms with van der Waals surface area (Å²) in [6.07, 6.45) is 1.65. The van der Waals surface area contributed by atoms with E-state index in [4.69, 9.17) is 0 Å². The topological polar surface area (TPSA) is 41.5 Å². The van der Waals surface area contributed by atoms with E-state index in [9.17, 15) is 4.79 Å². The fourth-order valence-electron chi connectivity index (χ4n) is 1.45. The molecule has 20 heavy (non-hydrogen) atoms. The van der Waals surface area contributed by atoms with Gasteiger partial charge in [-0.2, -0.15) is 5.10 Å². The maximum absolute atomic E-state index is 11.6. The molecule has 0 aliphatic rings. The number of nitrogens with one attached hydrogen (secondary N) is 1. The average molecular weight is 369 g/mol. The van der Waals surface area contributed by atoms with Crippen molar-refractivity contribution in [3.05, 3.63) is 56.7 Å². The highest BCUT2D eigenvalue weighted by Gasteiger charge is 2.01. The lowest BCUT2D eigenvalue weighted by atomic mass is 10.2. The van der Waals surface area contributed by atoms with E-state index >= 15 is 0 Å². The molecule has 0 bridgehead atoms. The second kappa shape index (κ2) is 8.24. The second-order valence-corrected chi connectivity index (χ2v) is 6.81. The summed E-state index contributed by atoms with van der Waals surface area (Å²) in [5, 5.41) is 5.89. The van der Waals surface area contributed by atoms with Crippen molar-refractivity contribution in [3.8, 4) is 0 Å². The fraction of sp³-hybridized carbons (Fsp3) is 0.143. The Balaban J connectivity index is 1.68. The lowest BCUT2D eigenvalue weighted by molar-refractivity contribution is -0.118. The van der Waals surface area contributed by atoms with Crippen molar-refractivity contribution >= 4 is 51.2 Å². The van der Waals surface area contributed by atoms with Gasteiger partial charge in [0.1, 0.15) is 0 Å². The number of hydrazone groups is 1. The molecule has 0 saturated heterocycles. The van der Waals surface area contributed by atoms with Gasteiger partial charge in [-0.25, -0.2) is 5.43 Å². The summed E-state index contributed by atoms with van der Waals surface area (Å²) in [6, 6.07) is 12.0. The third kappa shape index (κ3) is 5.48. The third-order valence-corrected chi connectivity index (χ3v) is 4.62. The number of hydrogen-bond donors (Lipinski definition) is 1. The number of benzene rings is 1. The molecule has 0 fully saturated rings. The van der Waals surface area contributed by atoms with Crippen LogP contribution in [0.1, 0.15) is 10.4 Å². The highest BCUT2D eigenvalue weighted by Crippen LogP contribution is 2.16. The molecule has 1 aromatic carbocycles. The van der Waals surface area contributed by atoms with Gasteiger partial charge in [-0.1, -0.05) is 34.1 Å². The molecule has 0 aliphatic heterocycles. The van der Waals surface area contributed by atoms with Gasteiger partial charge in [-0.05, 0) is 29.1 Å². The van der Waals surface area contributed by atoms with E-state index in [0.717, 1.165) is 15.1 Å². The maximum Gasteiger partial charge on any atom is 0.250 e. The van der Waals surface area contributed by atoms with E-state index in [1.54, 1.807) is 29.3 Å². The van der Waals surface area contributed by atoms with E-state index in [2.05, 4.69) is 32.5 Å². The molecule has 0 saturated carbocycles. The number of carbonyl (C=O) groups excluding carboxylic acids is 1. The van der Waals surface area contributed by atoms with Crippen molar-refractivity contribution in [1.82, 2.24) is 5.43 Å². The first-order valence-electron chi connectivity index (χ1n) is 5.91. The predicted molar refractivity (Wildman–Crippen MR) is 90.4 cm³/mol. The monoisotopic (exact) mass is 368 g/mol. The summed E-state index contributed by atoms with van der Waals surface area (Å²) >= 11 is 6.58. The van der Waals surface area contributed by atoms with Crippen LogP contribution in [-0.4, -0.2) is 17.9 Å². The van der Waals surface area contributed by atoms with E-state index in [0.29, 0.717) is 5.75 Å². The summed E-state index contributed by atoms with van der Waals surface area (Å²) in [7, 11) is 0. The molecular weight excluding hydrogens is 356 g/mol. The standard InChI is InChI=1S/C14H13BrN2OS2/c15-12-4-1-3-11(7-12)9-19-10-14(18)17-16-8-13-5-2-6-20-13/h1-8H,9-10H2,(H,17,18)/b16-8+. The van der Waals surface area contributed by atoms with E-state index in [1.165, 1.54) is 5.56 Å². The molecule has 1 heterocycles. The summed E-state index contributed by atoms with van der Waals surface area (Å²) in [5.41, 5.74) is 3.72. The lowest BCUT2D eigenvalue weighted by Gasteiger charge is -2.02. The first-order chi connectivity index (χ1) is 9.74. The van der Waals surface area contributed by atoms with Gasteiger partial charge in [0.05, 0.1) is 12.0 Å². The van der Waals surface area contributed by atoms with Crippen LogP contribution in [-0.2, 0) is 10.5 Å². The van der Waals surface area contributed by atoms with Crippen LogP contribution in [0, 0.1) is 0 Å². The minimum Gasteiger partial charge on any atom is -0.272 e. The highest BCUT2D eigenvalue weighted by molar-refractivity contribution is 9.10. The van der Waals surface area contributed by atoms with Gasteiger partial charge in [-0.3, -0.25) is 4.79 Å². The van der Waals surface area contributed by atoms with Crippen LogP contribution in [0.15, 0.2) is 51.4 Å². The van der Waals surface area contributed by atoms with Gasteiger partial charge in [0, 0.05) is 15.1 Å². The zero-order valence-electron chi connectivity index (χ0n) is 10.6. The number of halogens is 1. The van der Waals surface area contributed by atoms with Crippen molar-refractivity contribution in [2.75, 3.05) is 5.75 Å². The summed E-state index contributed by atoms with van der Waals surface area (Å²) < 4.78 is 1.06. The molecule has 0 aliphatic carbocycles. The van der Waals surface area contributed by atoms with Crippen molar-refractivity contribution < 1.29 is 4.79 Å².